The third kappa shape index (κ3) is 3.22. The summed E-state index contributed by atoms with van der Waals surface area (Å²) in [4.78, 5) is 9.13. The summed E-state index contributed by atoms with van der Waals surface area (Å²) in [5.74, 6) is 8.32. The fourth-order valence-electron chi connectivity index (χ4n) is 2.04. The molecule has 1 aromatic heterocycles. The smallest absolute Gasteiger partial charge is 0.148 e. The van der Waals surface area contributed by atoms with E-state index in [-0.39, 0.29) is 0 Å². The first-order valence-electron chi connectivity index (χ1n) is 6.65. The highest BCUT2D eigenvalue weighted by molar-refractivity contribution is 14.1. The van der Waals surface area contributed by atoms with Crippen molar-refractivity contribution in [1.29, 1.82) is 0 Å². The van der Waals surface area contributed by atoms with Gasteiger partial charge in [-0.15, -0.1) is 0 Å². The average Bonchev–Trinajstić information content (AvgIpc) is 3.28. The van der Waals surface area contributed by atoms with Crippen LogP contribution in [0, 0.1) is 10.5 Å². The van der Waals surface area contributed by atoms with Gasteiger partial charge >= 0.3 is 0 Å². The van der Waals surface area contributed by atoms with Crippen LogP contribution < -0.4 is 16.6 Å². The van der Waals surface area contributed by atoms with Crippen LogP contribution in [0.4, 0.5) is 17.3 Å². The fourth-order valence-corrected chi connectivity index (χ4v) is 3.05. The zero-order valence-corrected chi connectivity index (χ0v) is 14.4. The van der Waals surface area contributed by atoms with Crippen LogP contribution in [-0.2, 0) is 0 Å². The predicted octanol–water partition coefficient (Wildman–Crippen LogP) is 3.95. The lowest BCUT2D eigenvalue weighted by Crippen LogP contribution is -2.14. The van der Waals surface area contributed by atoms with Gasteiger partial charge in [-0.25, -0.2) is 15.8 Å². The Bertz CT molecular complexity index is 687. The molecule has 5 nitrogen and oxygen atoms in total. The first-order valence-corrected chi connectivity index (χ1v) is 8.11. The summed E-state index contributed by atoms with van der Waals surface area (Å²) < 4.78 is 1.04. The summed E-state index contributed by atoms with van der Waals surface area (Å²) in [6.07, 6.45) is 2.29. The van der Waals surface area contributed by atoms with Gasteiger partial charge in [-0.05, 0) is 60.6 Å². The Kier molecular flexibility index (Phi) is 4.19. The molecule has 110 valence electrons. The van der Waals surface area contributed by atoms with Crippen molar-refractivity contribution in [1.82, 2.24) is 9.97 Å². The topological polar surface area (TPSA) is 75.9 Å². The van der Waals surface area contributed by atoms with Crippen LogP contribution in [0.5, 0.6) is 0 Å². The molecule has 1 saturated carbocycles. The van der Waals surface area contributed by atoms with E-state index in [2.05, 4.69) is 43.3 Å². The van der Waals surface area contributed by atoms with Gasteiger partial charge in [-0.1, -0.05) is 11.6 Å². The number of rotatable bonds is 4. The second-order valence-electron chi connectivity index (χ2n) is 5.07. The van der Waals surface area contributed by atoms with Gasteiger partial charge in [0.25, 0.3) is 0 Å². The summed E-state index contributed by atoms with van der Waals surface area (Å²) in [7, 11) is 0. The summed E-state index contributed by atoms with van der Waals surface area (Å²) in [5.41, 5.74) is 4.51. The van der Waals surface area contributed by atoms with Gasteiger partial charge in [0.05, 0.1) is 5.69 Å². The second kappa shape index (κ2) is 5.94. The van der Waals surface area contributed by atoms with Gasteiger partial charge in [0.2, 0.25) is 0 Å². The molecule has 0 unspecified atom stereocenters. The molecule has 7 heteroatoms. The monoisotopic (exact) mass is 415 g/mol. The normalized spacial score (nSPS) is 14.1. The van der Waals surface area contributed by atoms with Crippen molar-refractivity contribution in [2.24, 2.45) is 5.84 Å². The Hall–Kier alpha value is -1.12. The van der Waals surface area contributed by atoms with E-state index in [1.54, 1.807) is 0 Å². The van der Waals surface area contributed by atoms with E-state index in [1.165, 1.54) is 0 Å². The van der Waals surface area contributed by atoms with Gasteiger partial charge in [-0.3, -0.25) is 0 Å². The summed E-state index contributed by atoms with van der Waals surface area (Å²) in [5, 5.41) is 4.07. The van der Waals surface area contributed by atoms with E-state index in [0.717, 1.165) is 39.3 Å². The summed E-state index contributed by atoms with van der Waals surface area (Å²) >= 11 is 8.24. The SMILES string of the molecule is Cc1c(NN)nc(C2CC2)nc1Nc1ccc(Cl)cc1I. The van der Waals surface area contributed by atoms with E-state index in [9.17, 15) is 0 Å². The molecule has 3 rings (SSSR count). The molecule has 1 heterocycles. The number of anilines is 3. The minimum atomic E-state index is 0.461. The molecule has 1 fully saturated rings. The Morgan fingerprint density at radius 3 is 2.62 bits per heavy atom. The molecular formula is C14H15ClIN5. The lowest BCUT2D eigenvalue weighted by Gasteiger charge is -2.14. The van der Waals surface area contributed by atoms with Crippen LogP contribution in [0.25, 0.3) is 0 Å². The van der Waals surface area contributed by atoms with E-state index >= 15 is 0 Å². The van der Waals surface area contributed by atoms with Crippen molar-refractivity contribution in [2.45, 2.75) is 25.7 Å². The van der Waals surface area contributed by atoms with Gasteiger partial charge in [0.15, 0.2) is 0 Å². The number of hydrogen-bond donors (Lipinski definition) is 3. The lowest BCUT2D eigenvalue weighted by atomic mass is 10.2. The quantitative estimate of drug-likeness (QED) is 0.400. The lowest BCUT2D eigenvalue weighted by molar-refractivity contribution is 0.920. The van der Waals surface area contributed by atoms with Crippen LogP contribution in [0.3, 0.4) is 0 Å². The van der Waals surface area contributed by atoms with Crippen LogP contribution >= 0.6 is 34.2 Å². The first-order chi connectivity index (χ1) is 10.1. The predicted molar refractivity (Wildman–Crippen MR) is 94.0 cm³/mol. The number of nitrogens with one attached hydrogen (secondary N) is 2. The summed E-state index contributed by atoms with van der Waals surface area (Å²) in [6.45, 7) is 1.94. The Balaban J connectivity index is 1.98. The molecule has 4 N–H and O–H groups in total. The highest BCUT2D eigenvalue weighted by Gasteiger charge is 2.28. The van der Waals surface area contributed by atoms with Crippen molar-refractivity contribution in [3.63, 3.8) is 0 Å². The largest absolute Gasteiger partial charge is 0.339 e. The molecule has 0 atom stereocenters. The van der Waals surface area contributed by atoms with E-state index in [1.807, 2.05) is 25.1 Å². The molecule has 21 heavy (non-hydrogen) atoms. The molecule has 1 aromatic carbocycles. The first kappa shape index (κ1) is 14.8. The number of nitrogen functional groups attached to an aromatic ring is 1. The number of nitrogens with zero attached hydrogens (tertiary/aromatic N) is 2. The highest BCUT2D eigenvalue weighted by atomic mass is 127. The number of hydrogen-bond acceptors (Lipinski definition) is 5. The molecule has 0 spiro atoms. The Morgan fingerprint density at radius 1 is 1.29 bits per heavy atom. The van der Waals surface area contributed by atoms with Gasteiger partial charge in [0.1, 0.15) is 17.5 Å². The number of halogens is 2. The van der Waals surface area contributed by atoms with Crippen LogP contribution in [-0.4, -0.2) is 9.97 Å². The zero-order chi connectivity index (χ0) is 15.0. The van der Waals surface area contributed by atoms with Crippen molar-refractivity contribution < 1.29 is 0 Å². The van der Waals surface area contributed by atoms with Crippen LogP contribution in [0.1, 0.15) is 30.1 Å². The molecule has 0 saturated heterocycles. The van der Waals surface area contributed by atoms with E-state index < -0.39 is 0 Å². The van der Waals surface area contributed by atoms with Crippen molar-refractivity contribution in [3.8, 4) is 0 Å². The van der Waals surface area contributed by atoms with E-state index in [4.69, 9.17) is 17.4 Å². The standard InChI is InChI=1S/C14H15ClIN5/c1-7-12(18-11-5-4-9(15)6-10(11)16)19-14(8-2-3-8)20-13(7)21-17/h4-6,8H,2-3,17H2,1H3,(H2,18,19,20,21). The fraction of sp³-hybridized carbons (Fsp3) is 0.286. The second-order valence-corrected chi connectivity index (χ2v) is 6.67. The Labute approximate surface area is 141 Å². The molecule has 2 aromatic rings. The molecular weight excluding hydrogens is 401 g/mol. The zero-order valence-electron chi connectivity index (χ0n) is 11.5. The van der Waals surface area contributed by atoms with Crippen LogP contribution in [0.15, 0.2) is 18.2 Å². The third-order valence-electron chi connectivity index (χ3n) is 3.43. The van der Waals surface area contributed by atoms with Crippen molar-refractivity contribution >= 4 is 51.5 Å². The van der Waals surface area contributed by atoms with E-state index in [0.29, 0.717) is 16.8 Å². The minimum Gasteiger partial charge on any atom is -0.339 e. The number of nitrogens with two attached hydrogens (primary N) is 1. The molecule has 0 bridgehead atoms. The van der Waals surface area contributed by atoms with Crippen molar-refractivity contribution in [3.05, 3.63) is 38.2 Å². The molecule has 0 aliphatic heterocycles. The number of aromatic nitrogens is 2. The third-order valence-corrected chi connectivity index (χ3v) is 4.55. The maximum atomic E-state index is 5.99. The van der Waals surface area contributed by atoms with Gasteiger partial charge < -0.3 is 10.7 Å². The molecule has 1 aliphatic carbocycles. The maximum absolute atomic E-state index is 5.99. The van der Waals surface area contributed by atoms with Gasteiger partial charge in [0, 0.05) is 20.1 Å². The van der Waals surface area contributed by atoms with Crippen molar-refractivity contribution in [2.75, 3.05) is 10.7 Å². The van der Waals surface area contributed by atoms with Gasteiger partial charge in [-0.2, -0.15) is 0 Å². The minimum absolute atomic E-state index is 0.461. The number of hydrazine groups is 1. The van der Waals surface area contributed by atoms with Crippen LogP contribution in [0.2, 0.25) is 5.02 Å². The molecule has 0 radical (unpaired) electrons. The average molecular weight is 416 g/mol. The Morgan fingerprint density at radius 2 is 2.00 bits per heavy atom. The highest BCUT2D eigenvalue weighted by Crippen LogP contribution is 2.40. The summed E-state index contributed by atoms with van der Waals surface area (Å²) in [6, 6.07) is 5.70. The number of benzene rings is 1. The molecule has 0 amide bonds. The maximum Gasteiger partial charge on any atom is 0.148 e. The molecule has 1 aliphatic rings.